The van der Waals surface area contributed by atoms with E-state index in [1.165, 1.54) is 139 Å². The van der Waals surface area contributed by atoms with Crippen LogP contribution in [0.3, 0.4) is 0 Å². The maximum Gasteiger partial charge on any atom is 0.0794 e. The molecule has 0 N–H and O–H groups in total. The van der Waals surface area contributed by atoms with E-state index in [1.54, 1.807) is 0 Å². The molecule has 0 fully saturated rings. The monoisotopic (exact) mass is 1430 g/mol. The standard InChI is InChI=1S/2C54H40N2/c1-53(2)47-17-9-7-14-39(47)41-25-23-35(28-49(41)53)44-30-46-45(34-21-19-33(20-22-34)37-12-11-27-55-32-37)31-51(56-52(46)43-16-6-5-13-38(43)44)36-24-26-42-40-15-8-10-18-48(40)54(3,4)50(42)29-36;1-53(2)47-15-9-7-12-39(47)41-23-21-36(29-49(41)53)44-31-46-45(35-19-17-33(18-20-35)34-25-27-55-28-26-34)32-51(56-52(46)43-14-6-5-11-38(43)44)37-22-24-42-40-13-8-10-16-48(40)54(3,4)50(42)30-37/h2*5-32H,1-4H3. The van der Waals surface area contributed by atoms with E-state index >= 15 is 0 Å². The minimum atomic E-state index is -0.100. The maximum absolute atomic E-state index is 5.58. The van der Waals surface area contributed by atoms with Gasteiger partial charge in [0.2, 0.25) is 0 Å². The van der Waals surface area contributed by atoms with Crippen molar-refractivity contribution in [3.05, 3.63) is 385 Å². The minimum Gasteiger partial charge on any atom is -0.265 e. The molecule has 0 radical (unpaired) electrons. The molecular formula is C108H80N4. The van der Waals surface area contributed by atoms with Gasteiger partial charge < -0.3 is 0 Å². The minimum absolute atomic E-state index is 0.0848. The molecule has 0 unspecified atom stereocenters. The molecule has 532 valence electrons. The van der Waals surface area contributed by atoms with Gasteiger partial charge >= 0.3 is 0 Å². The van der Waals surface area contributed by atoms with Crippen LogP contribution in [0.5, 0.6) is 0 Å². The molecule has 0 aliphatic heterocycles. The lowest BCUT2D eigenvalue weighted by Crippen LogP contribution is -2.15. The molecule has 0 amide bonds. The van der Waals surface area contributed by atoms with Crippen molar-refractivity contribution >= 4 is 43.4 Å². The molecule has 4 aromatic heterocycles. The Hall–Kier alpha value is -13.3. The van der Waals surface area contributed by atoms with Crippen molar-refractivity contribution in [2.45, 2.75) is 77.0 Å². The second kappa shape index (κ2) is 25.1. The normalized spacial score (nSPS) is 14.4. The highest BCUT2D eigenvalue weighted by Crippen LogP contribution is 2.56. The third-order valence-electron chi connectivity index (χ3n) is 25.6. The summed E-state index contributed by atoms with van der Waals surface area (Å²) in [7, 11) is 0. The van der Waals surface area contributed by atoms with E-state index in [0.717, 1.165) is 82.9 Å². The predicted octanol–water partition coefficient (Wildman–Crippen LogP) is 28.1. The van der Waals surface area contributed by atoms with Gasteiger partial charge in [0.15, 0.2) is 0 Å². The second-order valence-electron chi connectivity index (χ2n) is 33.2. The highest BCUT2D eigenvalue weighted by atomic mass is 14.7. The third kappa shape index (κ3) is 10.3. The molecule has 4 heterocycles. The molecule has 18 aromatic rings. The molecule has 4 aliphatic rings. The van der Waals surface area contributed by atoms with Crippen molar-refractivity contribution in [1.29, 1.82) is 0 Å². The van der Waals surface area contributed by atoms with Crippen molar-refractivity contribution in [3.8, 4) is 134 Å². The van der Waals surface area contributed by atoms with Gasteiger partial charge in [-0.15, -0.1) is 0 Å². The molecule has 0 saturated heterocycles. The van der Waals surface area contributed by atoms with Gasteiger partial charge in [-0.25, -0.2) is 9.97 Å². The number of hydrogen-bond acceptors (Lipinski definition) is 4. The van der Waals surface area contributed by atoms with E-state index in [-0.39, 0.29) is 21.7 Å². The van der Waals surface area contributed by atoms with Crippen LogP contribution in [0.4, 0.5) is 0 Å². The fourth-order valence-electron chi connectivity index (χ4n) is 19.6. The zero-order valence-corrected chi connectivity index (χ0v) is 64.1. The van der Waals surface area contributed by atoms with Crippen molar-refractivity contribution in [1.82, 2.24) is 19.9 Å². The van der Waals surface area contributed by atoms with Gasteiger partial charge in [-0.1, -0.05) is 304 Å². The van der Waals surface area contributed by atoms with Crippen molar-refractivity contribution in [3.63, 3.8) is 0 Å². The zero-order valence-electron chi connectivity index (χ0n) is 64.1. The maximum atomic E-state index is 5.58. The van der Waals surface area contributed by atoms with Gasteiger partial charge in [0.1, 0.15) is 0 Å². The van der Waals surface area contributed by atoms with E-state index < -0.39 is 0 Å². The Morgan fingerprint density at radius 1 is 0.179 bits per heavy atom. The Balaban J connectivity index is 0.000000141. The highest BCUT2D eigenvalue weighted by molar-refractivity contribution is 6.18. The van der Waals surface area contributed by atoms with E-state index in [0.29, 0.717) is 0 Å². The Bertz CT molecular complexity index is 6540. The summed E-state index contributed by atoms with van der Waals surface area (Å²) in [6, 6.07) is 117. The van der Waals surface area contributed by atoms with Crippen LogP contribution in [0.1, 0.15) is 99.9 Å². The highest BCUT2D eigenvalue weighted by Gasteiger charge is 2.40. The van der Waals surface area contributed by atoms with E-state index in [9.17, 15) is 0 Å². The average Bonchev–Trinajstić information content (AvgIpc) is 1.14. The van der Waals surface area contributed by atoms with Crippen LogP contribution in [-0.2, 0) is 21.7 Å². The quantitative estimate of drug-likeness (QED) is 0.142. The summed E-state index contributed by atoms with van der Waals surface area (Å²) in [5.74, 6) is 0. The Labute approximate surface area is 654 Å². The van der Waals surface area contributed by atoms with Crippen LogP contribution in [0, 0.1) is 0 Å². The average molecular weight is 1430 g/mol. The largest absolute Gasteiger partial charge is 0.265 e. The predicted molar refractivity (Wildman–Crippen MR) is 468 cm³/mol. The lowest BCUT2D eigenvalue weighted by Gasteiger charge is -2.22. The number of nitrogens with zero attached hydrogens (tertiary/aromatic N) is 4. The number of benzene rings is 14. The lowest BCUT2D eigenvalue weighted by atomic mass is 9.81. The van der Waals surface area contributed by atoms with Crippen LogP contribution in [0.25, 0.3) is 177 Å². The molecule has 0 saturated carbocycles. The van der Waals surface area contributed by atoms with Gasteiger partial charge in [0.05, 0.1) is 22.4 Å². The molecule has 112 heavy (non-hydrogen) atoms. The molecule has 4 aliphatic carbocycles. The number of fused-ring (bicyclic) bond motifs is 18. The number of hydrogen-bond donors (Lipinski definition) is 0. The van der Waals surface area contributed by atoms with Gasteiger partial charge in [-0.05, 0) is 233 Å². The Morgan fingerprint density at radius 3 is 0.848 bits per heavy atom. The molecule has 0 spiro atoms. The number of pyridine rings is 4. The molecule has 14 aromatic carbocycles. The van der Waals surface area contributed by atoms with Crippen LogP contribution >= 0.6 is 0 Å². The smallest absolute Gasteiger partial charge is 0.0794 e. The fraction of sp³-hybridized carbons (Fsp3) is 0.111. The fourth-order valence-corrected chi connectivity index (χ4v) is 19.6. The first kappa shape index (κ1) is 66.9. The summed E-state index contributed by atoms with van der Waals surface area (Å²) in [4.78, 5) is 19.8. The molecular weight excluding hydrogens is 1350 g/mol. The molecule has 0 atom stereocenters. The summed E-state index contributed by atoms with van der Waals surface area (Å²) in [6.07, 6.45) is 7.46. The van der Waals surface area contributed by atoms with Crippen molar-refractivity contribution < 1.29 is 0 Å². The van der Waals surface area contributed by atoms with Crippen LogP contribution < -0.4 is 0 Å². The van der Waals surface area contributed by atoms with Crippen LogP contribution in [-0.4, -0.2) is 19.9 Å². The summed E-state index contributed by atoms with van der Waals surface area (Å²) in [5, 5.41) is 7.04. The topological polar surface area (TPSA) is 51.6 Å². The van der Waals surface area contributed by atoms with Crippen molar-refractivity contribution in [2.24, 2.45) is 0 Å². The van der Waals surface area contributed by atoms with Gasteiger partial charge in [-0.3, -0.25) is 9.97 Å². The SMILES string of the molecule is CC1(C)c2ccccc2-c2ccc(-c3cc(-c4ccc(-c5cccnc5)cc4)c4cc(-c5ccc6c(c5)C(C)(C)c5ccccc5-6)c5ccccc5c4n3)cc21.CC1(C)c2ccccc2-c2ccc(-c3cc(-c4ccc(-c5ccncc5)cc4)c4cc(-c5ccc6c(c5)C(C)(C)c5ccccc5-6)c5ccccc5c4n3)cc21. The lowest BCUT2D eigenvalue weighted by molar-refractivity contribution is 0.660. The number of aromatic nitrogens is 4. The first-order valence-electron chi connectivity index (χ1n) is 39.3. The molecule has 0 bridgehead atoms. The Kier molecular flexibility index (Phi) is 15.0. The van der Waals surface area contributed by atoms with Gasteiger partial charge in [0.25, 0.3) is 0 Å². The zero-order chi connectivity index (χ0) is 75.5. The van der Waals surface area contributed by atoms with Gasteiger partial charge in [-0.2, -0.15) is 0 Å². The molecule has 22 rings (SSSR count). The summed E-state index contributed by atoms with van der Waals surface area (Å²) < 4.78 is 0. The summed E-state index contributed by atoms with van der Waals surface area (Å²) in [6.45, 7) is 18.8. The van der Waals surface area contributed by atoms with E-state index in [1.807, 2.05) is 30.9 Å². The third-order valence-corrected chi connectivity index (χ3v) is 25.6. The van der Waals surface area contributed by atoms with Crippen molar-refractivity contribution in [2.75, 3.05) is 0 Å². The second-order valence-corrected chi connectivity index (χ2v) is 33.2. The first-order chi connectivity index (χ1) is 54.5. The number of rotatable bonds is 8. The van der Waals surface area contributed by atoms with E-state index in [2.05, 4.69) is 375 Å². The van der Waals surface area contributed by atoms with Crippen LogP contribution in [0.2, 0.25) is 0 Å². The molecule has 4 nitrogen and oxygen atoms in total. The molecule has 4 heteroatoms. The van der Waals surface area contributed by atoms with Crippen LogP contribution in [0.15, 0.2) is 340 Å². The van der Waals surface area contributed by atoms with E-state index in [4.69, 9.17) is 9.97 Å². The Morgan fingerprint density at radius 2 is 0.473 bits per heavy atom. The first-order valence-corrected chi connectivity index (χ1v) is 39.3. The van der Waals surface area contributed by atoms with Gasteiger partial charge in [0, 0.05) is 79.1 Å². The summed E-state index contributed by atoms with van der Waals surface area (Å²) >= 11 is 0. The summed E-state index contributed by atoms with van der Waals surface area (Å²) in [5.41, 5.74) is 41.7.